The zero-order chi connectivity index (χ0) is 26.8. The molecular weight excluding hydrogens is 468 g/mol. The van der Waals surface area contributed by atoms with Crippen LogP contribution >= 0.6 is 0 Å². The molecule has 202 valence electrons. The standard InChI is InChI=1S/C21H25N3O3.C7H15N.CH2O/c1-4-26-18-9-6-5-8-15(18)13-23-20(25)17-12-16(19-10-7-11-27-19)22-24(17)14-21(23,2)3;8-7-5-3-1-2-4-6-7;1-2/h5-12,16,22H,4,13-14H2,1-3H3;7H,1-6,8H2;1H2. The Morgan fingerprint density at radius 2 is 1.81 bits per heavy atom. The van der Waals surface area contributed by atoms with Gasteiger partial charge in [-0.15, -0.1) is 0 Å². The molecule has 3 aliphatic rings. The van der Waals surface area contributed by atoms with Crippen LogP contribution in [0.15, 0.2) is 58.9 Å². The van der Waals surface area contributed by atoms with Crippen molar-refractivity contribution in [1.82, 2.24) is 15.3 Å². The molecule has 3 heterocycles. The highest BCUT2D eigenvalue weighted by Gasteiger charge is 2.45. The molecule has 1 aromatic heterocycles. The minimum Gasteiger partial charge on any atom is -0.494 e. The van der Waals surface area contributed by atoms with Gasteiger partial charge in [0.15, 0.2) is 0 Å². The maximum Gasteiger partial charge on any atom is 0.272 e. The second kappa shape index (κ2) is 13.4. The lowest BCUT2D eigenvalue weighted by Gasteiger charge is -2.47. The molecule has 0 spiro atoms. The number of rotatable bonds is 5. The van der Waals surface area contributed by atoms with Gasteiger partial charge < -0.3 is 29.6 Å². The first-order valence-electron chi connectivity index (χ1n) is 13.2. The number of carbonyl (C=O) groups is 2. The molecule has 1 atom stereocenters. The van der Waals surface area contributed by atoms with E-state index in [1.54, 1.807) is 6.26 Å². The van der Waals surface area contributed by atoms with Gasteiger partial charge in [-0.3, -0.25) is 4.79 Å². The normalized spacial score (nSPS) is 21.0. The van der Waals surface area contributed by atoms with Gasteiger partial charge >= 0.3 is 0 Å². The summed E-state index contributed by atoms with van der Waals surface area (Å²) in [5.74, 6) is 1.65. The van der Waals surface area contributed by atoms with Crippen molar-refractivity contribution in [3.8, 4) is 5.75 Å². The summed E-state index contributed by atoms with van der Waals surface area (Å²) in [5.41, 5.74) is 10.5. The first kappa shape index (κ1) is 28.5. The molecule has 1 aromatic carbocycles. The number of para-hydroxylation sites is 1. The summed E-state index contributed by atoms with van der Waals surface area (Å²) in [6.45, 7) is 9.95. The number of piperazine rings is 1. The smallest absolute Gasteiger partial charge is 0.272 e. The fourth-order valence-electron chi connectivity index (χ4n) is 5.04. The molecule has 1 unspecified atom stereocenters. The number of amides is 1. The van der Waals surface area contributed by atoms with Crippen molar-refractivity contribution < 1.29 is 18.7 Å². The number of ether oxygens (including phenoxy) is 1. The minimum absolute atomic E-state index is 0.0131. The van der Waals surface area contributed by atoms with E-state index in [4.69, 9.17) is 19.7 Å². The van der Waals surface area contributed by atoms with Gasteiger partial charge in [0.2, 0.25) is 0 Å². The molecule has 1 aliphatic carbocycles. The molecule has 3 N–H and O–H groups in total. The van der Waals surface area contributed by atoms with Crippen molar-refractivity contribution >= 4 is 12.7 Å². The average molecular weight is 511 g/mol. The largest absolute Gasteiger partial charge is 0.494 e. The number of hydrogen-bond donors (Lipinski definition) is 2. The lowest BCUT2D eigenvalue weighted by molar-refractivity contribution is -0.141. The van der Waals surface area contributed by atoms with Gasteiger partial charge in [0.25, 0.3) is 5.91 Å². The highest BCUT2D eigenvalue weighted by atomic mass is 16.5. The fourth-order valence-corrected chi connectivity index (χ4v) is 5.04. The molecule has 1 amide bonds. The molecule has 2 aliphatic heterocycles. The summed E-state index contributed by atoms with van der Waals surface area (Å²) in [4.78, 5) is 23.2. The number of fused-ring (bicyclic) bond motifs is 1. The Balaban J connectivity index is 0.000000322. The maximum absolute atomic E-state index is 13.3. The second-order valence-electron chi connectivity index (χ2n) is 10.3. The number of benzene rings is 1. The summed E-state index contributed by atoms with van der Waals surface area (Å²) in [5, 5.41) is 1.94. The predicted molar refractivity (Wildman–Crippen MR) is 144 cm³/mol. The Hall–Kier alpha value is -3.10. The average Bonchev–Trinajstić information content (AvgIpc) is 3.51. The van der Waals surface area contributed by atoms with Crippen LogP contribution in [0.2, 0.25) is 0 Å². The van der Waals surface area contributed by atoms with Gasteiger partial charge in [0.1, 0.15) is 30.0 Å². The zero-order valence-electron chi connectivity index (χ0n) is 22.4. The number of hydrazine groups is 1. The Labute approximate surface area is 220 Å². The van der Waals surface area contributed by atoms with Crippen LogP contribution in [0.1, 0.15) is 76.7 Å². The summed E-state index contributed by atoms with van der Waals surface area (Å²) >= 11 is 0. The molecule has 8 heteroatoms. The molecule has 2 aromatic rings. The van der Waals surface area contributed by atoms with Crippen LogP contribution in [0, 0.1) is 0 Å². The van der Waals surface area contributed by atoms with E-state index < -0.39 is 0 Å². The molecule has 8 nitrogen and oxygen atoms in total. The number of furan rings is 1. The van der Waals surface area contributed by atoms with Gasteiger partial charge in [0.05, 0.1) is 31.5 Å². The Bertz CT molecular complexity index is 1010. The Morgan fingerprint density at radius 1 is 1.11 bits per heavy atom. The van der Waals surface area contributed by atoms with Crippen LogP contribution in [0.5, 0.6) is 5.75 Å². The van der Waals surface area contributed by atoms with Crippen molar-refractivity contribution in [3.63, 3.8) is 0 Å². The molecule has 2 fully saturated rings. The second-order valence-corrected chi connectivity index (χ2v) is 10.3. The first-order chi connectivity index (χ1) is 17.9. The van der Waals surface area contributed by atoms with Crippen LogP contribution in [0.25, 0.3) is 0 Å². The van der Waals surface area contributed by atoms with Gasteiger partial charge in [0, 0.05) is 11.6 Å². The quantitative estimate of drug-likeness (QED) is 0.561. The number of nitrogens with one attached hydrogen (secondary N) is 1. The molecule has 5 rings (SSSR count). The number of hydrogen-bond acceptors (Lipinski definition) is 7. The lowest BCUT2D eigenvalue weighted by atomic mass is 9.97. The SMILES string of the molecule is C=O.CCOc1ccccc1CN1C(=O)C2=CC(c3ccco3)NN2CC1(C)C.NC1CCCCCC1. The van der Waals surface area contributed by atoms with Crippen molar-refractivity contribution in [2.24, 2.45) is 5.73 Å². The van der Waals surface area contributed by atoms with E-state index in [1.807, 2.05) is 66.1 Å². The third-order valence-electron chi connectivity index (χ3n) is 7.00. The predicted octanol–water partition coefficient (Wildman–Crippen LogP) is 4.73. The van der Waals surface area contributed by atoms with Crippen LogP contribution < -0.4 is 15.9 Å². The van der Waals surface area contributed by atoms with Crippen molar-refractivity contribution in [3.05, 3.63) is 65.8 Å². The zero-order valence-corrected chi connectivity index (χ0v) is 22.4. The Kier molecular flexibility index (Phi) is 10.3. The topological polar surface area (TPSA) is 101 Å². The first-order valence-corrected chi connectivity index (χ1v) is 13.2. The van der Waals surface area contributed by atoms with E-state index in [0.717, 1.165) is 17.1 Å². The maximum atomic E-state index is 13.3. The molecule has 1 saturated heterocycles. The van der Waals surface area contributed by atoms with Crippen LogP contribution in [-0.2, 0) is 16.1 Å². The Morgan fingerprint density at radius 3 is 2.46 bits per heavy atom. The van der Waals surface area contributed by atoms with Gasteiger partial charge in [-0.05, 0) is 57.9 Å². The van der Waals surface area contributed by atoms with Gasteiger partial charge in [-0.2, -0.15) is 0 Å². The minimum atomic E-state index is -0.335. The van der Waals surface area contributed by atoms with E-state index in [2.05, 4.69) is 19.3 Å². The molecular formula is C29H42N4O4. The van der Waals surface area contributed by atoms with Crippen LogP contribution in [-0.4, -0.2) is 47.3 Å². The van der Waals surface area contributed by atoms with E-state index in [0.29, 0.717) is 31.4 Å². The molecule has 37 heavy (non-hydrogen) atoms. The van der Waals surface area contributed by atoms with E-state index in [-0.39, 0.29) is 17.5 Å². The molecule has 0 radical (unpaired) electrons. The van der Waals surface area contributed by atoms with E-state index >= 15 is 0 Å². The summed E-state index contributed by atoms with van der Waals surface area (Å²) < 4.78 is 11.2. The van der Waals surface area contributed by atoms with E-state index in [1.165, 1.54) is 38.5 Å². The third kappa shape index (κ3) is 7.23. The number of nitrogens with zero attached hydrogens (tertiary/aromatic N) is 2. The monoisotopic (exact) mass is 510 g/mol. The summed E-state index contributed by atoms with van der Waals surface area (Å²) in [6.07, 6.45) is 11.7. The third-order valence-corrected chi connectivity index (χ3v) is 7.00. The highest BCUT2D eigenvalue weighted by molar-refractivity contribution is 5.94. The fraction of sp³-hybridized carbons (Fsp3) is 0.517. The van der Waals surface area contributed by atoms with E-state index in [9.17, 15) is 4.79 Å². The van der Waals surface area contributed by atoms with Crippen molar-refractivity contribution in [2.75, 3.05) is 13.2 Å². The summed E-state index contributed by atoms with van der Waals surface area (Å²) in [6, 6.07) is 12.1. The van der Waals surface area contributed by atoms with Crippen molar-refractivity contribution in [2.45, 2.75) is 83.5 Å². The summed E-state index contributed by atoms with van der Waals surface area (Å²) in [7, 11) is 0. The van der Waals surface area contributed by atoms with Gasteiger partial charge in [-0.25, -0.2) is 5.43 Å². The van der Waals surface area contributed by atoms with Gasteiger partial charge in [-0.1, -0.05) is 43.9 Å². The van der Waals surface area contributed by atoms with Crippen LogP contribution in [0.3, 0.4) is 0 Å². The molecule has 1 saturated carbocycles. The highest BCUT2D eigenvalue weighted by Crippen LogP contribution is 2.35. The number of carbonyl (C=O) groups excluding carboxylic acids is 2. The molecule has 0 bridgehead atoms. The number of nitrogens with two attached hydrogens (primary N) is 1. The van der Waals surface area contributed by atoms with Crippen molar-refractivity contribution in [1.29, 1.82) is 0 Å². The lowest BCUT2D eigenvalue weighted by Crippen LogP contribution is -2.61. The van der Waals surface area contributed by atoms with Crippen LogP contribution in [0.4, 0.5) is 0 Å².